The number of aryl methyl sites for hydroxylation is 3. The number of hydrogen-bond donors (Lipinski definition) is 1. The summed E-state index contributed by atoms with van der Waals surface area (Å²) in [4.78, 5) is 21.0. The molecule has 3 heterocycles. The van der Waals surface area contributed by atoms with Crippen LogP contribution in [0, 0.1) is 20.8 Å². The predicted molar refractivity (Wildman–Crippen MR) is 101 cm³/mol. The molecule has 0 atom stereocenters. The molecule has 0 radical (unpaired) electrons. The Kier molecular flexibility index (Phi) is 4.52. The summed E-state index contributed by atoms with van der Waals surface area (Å²) in [6.45, 7) is 5.70. The van der Waals surface area contributed by atoms with E-state index in [0.29, 0.717) is 30.1 Å². The maximum absolute atomic E-state index is 12.5. The van der Waals surface area contributed by atoms with E-state index in [2.05, 4.69) is 35.9 Å². The summed E-state index contributed by atoms with van der Waals surface area (Å²) >= 11 is 0. The quantitative estimate of drug-likeness (QED) is 0.561. The van der Waals surface area contributed by atoms with Crippen LogP contribution in [0.5, 0.6) is 0 Å². The summed E-state index contributed by atoms with van der Waals surface area (Å²) in [7, 11) is 0. The molecule has 10 heteroatoms. The van der Waals surface area contributed by atoms with Crippen molar-refractivity contribution in [1.82, 2.24) is 39.8 Å². The molecule has 10 nitrogen and oxygen atoms in total. The van der Waals surface area contributed by atoms with Crippen LogP contribution in [-0.4, -0.2) is 45.7 Å². The van der Waals surface area contributed by atoms with E-state index in [9.17, 15) is 4.79 Å². The number of carbonyl (C=O) groups is 1. The normalized spacial score (nSPS) is 11.1. The summed E-state index contributed by atoms with van der Waals surface area (Å²) < 4.78 is 3.31. The molecule has 1 aromatic carbocycles. The molecular formula is C18H19N9O. The third-order valence-corrected chi connectivity index (χ3v) is 4.59. The Morgan fingerprint density at radius 3 is 2.86 bits per heavy atom. The van der Waals surface area contributed by atoms with Gasteiger partial charge in [0.15, 0.2) is 5.82 Å². The predicted octanol–water partition coefficient (Wildman–Crippen LogP) is 1.60. The standard InChI is InChI=1S/C18H19N9O/c1-11-16(12(2)26-18(21-11)19-10-20-26)7-8-17(28)22-14-5-4-6-15(9-14)27-13(3)23-24-25-27/h4-6,9-10H,7-8H2,1-3H3,(H,22,28). The second-order valence-electron chi connectivity index (χ2n) is 6.47. The smallest absolute Gasteiger partial charge is 0.252 e. The van der Waals surface area contributed by atoms with E-state index in [-0.39, 0.29) is 5.91 Å². The average molecular weight is 377 g/mol. The number of anilines is 1. The summed E-state index contributed by atoms with van der Waals surface area (Å²) in [6.07, 6.45) is 2.38. The molecule has 3 aromatic heterocycles. The van der Waals surface area contributed by atoms with Crippen molar-refractivity contribution < 1.29 is 4.79 Å². The second kappa shape index (κ2) is 7.14. The fraction of sp³-hybridized carbons (Fsp3) is 0.278. The molecule has 0 aliphatic rings. The lowest BCUT2D eigenvalue weighted by Crippen LogP contribution is -2.14. The van der Waals surface area contributed by atoms with Crippen LogP contribution in [0.1, 0.15) is 29.2 Å². The Morgan fingerprint density at radius 1 is 1.21 bits per heavy atom. The zero-order chi connectivity index (χ0) is 19.7. The van der Waals surface area contributed by atoms with Gasteiger partial charge in [-0.15, -0.1) is 5.10 Å². The number of tetrazole rings is 1. The van der Waals surface area contributed by atoms with Gasteiger partial charge in [-0.3, -0.25) is 4.79 Å². The molecule has 0 unspecified atom stereocenters. The van der Waals surface area contributed by atoms with Crippen molar-refractivity contribution >= 4 is 17.4 Å². The molecule has 4 rings (SSSR count). The Balaban J connectivity index is 1.46. The first-order valence-electron chi connectivity index (χ1n) is 8.84. The fourth-order valence-corrected chi connectivity index (χ4v) is 3.16. The highest BCUT2D eigenvalue weighted by Gasteiger charge is 2.13. The van der Waals surface area contributed by atoms with Crippen molar-refractivity contribution in [3.05, 3.63) is 53.4 Å². The van der Waals surface area contributed by atoms with Gasteiger partial charge in [0.1, 0.15) is 6.33 Å². The number of carbonyl (C=O) groups excluding carboxylic acids is 1. The summed E-state index contributed by atoms with van der Waals surface area (Å²) in [5.41, 5.74) is 4.29. The van der Waals surface area contributed by atoms with Crippen molar-refractivity contribution in [2.75, 3.05) is 5.32 Å². The highest BCUT2D eigenvalue weighted by molar-refractivity contribution is 5.91. The molecule has 142 valence electrons. The van der Waals surface area contributed by atoms with Gasteiger partial charge in [-0.25, -0.2) is 9.50 Å². The van der Waals surface area contributed by atoms with Gasteiger partial charge < -0.3 is 5.32 Å². The maximum atomic E-state index is 12.5. The molecule has 0 spiro atoms. The van der Waals surface area contributed by atoms with Gasteiger partial charge >= 0.3 is 0 Å². The van der Waals surface area contributed by atoms with Crippen LogP contribution < -0.4 is 5.32 Å². The van der Waals surface area contributed by atoms with E-state index in [4.69, 9.17) is 0 Å². The van der Waals surface area contributed by atoms with E-state index >= 15 is 0 Å². The number of nitrogens with zero attached hydrogens (tertiary/aromatic N) is 8. The van der Waals surface area contributed by atoms with Gasteiger partial charge in [-0.05, 0) is 61.4 Å². The van der Waals surface area contributed by atoms with Crippen LogP contribution in [-0.2, 0) is 11.2 Å². The number of benzene rings is 1. The molecule has 28 heavy (non-hydrogen) atoms. The molecule has 1 N–H and O–H groups in total. The zero-order valence-electron chi connectivity index (χ0n) is 15.8. The highest BCUT2D eigenvalue weighted by atomic mass is 16.1. The van der Waals surface area contributed by atoms with Crippen molar-refractivity contribution in [2.24, 2.45) is 0 Å². The van der Waals surface area contributed by atoms with Gasteiger partial charge in [0.2, 0.25) is 5.91 Å². The molecular weight excluding hydrogens is 358 g/mol. The Hall–Kier alpha value is -3.69. The van der Waals surface area contributed by atoms with E-state index in [1.807, 2.05) is 45.0 Å². The lowest BCUT2D eigenvalue weighted by molar-refractivity contribution is -0.116. The number of nitrogens with one attached hydrogen (secondary N) is 1. The zero-order valence-corrected chi connectivity index (χ0v) is 15.8. The molecule has 0 saturated carbocycles. The largest absolute Gasteiger partial charge is 0.326 e. The lowest BCUT2D eigenvalue weighted by Gasteiger charge is -2.11. The lowest BCUT2D eigenvalue weighted by atomic mass is 10.1. The van der Waals surface area contributed by atoms with Crippen LogP contribution in [0.25, 0.3) is 11.5 Å². The van der Waals surface area contributed by atoms with E-state index < -0.39 is 0 Å². The van der Waals surface area contributed by atoms with E-state index in [1.54, 1.807) is 9.20 Å². The monoisotopic (exact) mass is 377 g/mol. The average Bonchev–Trinajstić information content (AvgIpc) is 3.30. The summed E-state index contributed by atoms with van der Waals surface area (Å²) in [6, 6.07) is 7.40. The van der Waals surface area contributed by atoms with Gasteiger partial charge in [0.05, 0.1) is 5.69 Å². The molecule has 0 aliphatic carbocycles. The number of fused-ring (bicyclic) bond motifs is 1. The Bertz CT molecular complexity index is 1160. The van der Waals surface area contributed by atoms with Crippen molar-refractivity contribution in [3.63, 3.8) is 0 Å². The number of amides is 1. The molecule has 1 amide bonds. The SMILES string of the molecule is Cc1nc2ncnn2c(C)c1CCC(=O)Nc1cccc(-n2nnnc2C)c1. The molecule has 0 saturated heterocycles. The minimum atomic E-state index is -0.0805. The van der Waals surface area contributed by atoms with E-state index in [1.165, 1.54) is 6.33 Å². The second-order valence-corrected chi connectivity index (χ2v) is 6.47. The topological polar surface area (TPSA) is 116 Å². The minimum Gasteiger partial charge on any atom is -0.326 e. The van der Waals surface area contributed by atoms with Gasteiger partial charge in [0, 0.05) is 23.5 Å². The van der Waals surface area contributed by atoms with Crippen molar-refractivity contribution in [2.45, 2.75) is 33.6 Å². The van der Waals surface area contributed by atoms with Crippen LogP contribution in [0.2, 0.25) is 0 Å². The molecule has 0 aliphatic heterocycles. The fourth-order valence-electron chi connectivity index (χ4n) is 3.16. The molecule has 4 aromatic rings. The van der Waals surface area contributed by atoms with Gasteiger partial charge in [-0.1, -0.05) is 6.07 Å². The van der Waals surface area contributed by atoms with E-state index in [0.717, 1.165) is 22.6 Å². The Labute approximate surface area is 160 Å². The van der Waals surface area contributed by atoms with Crippen LogP contribution in [0.4, 0.5) is 5.69 Å². The summed E-state index contributed by atoms with van der Waals surface area (Å²) in [5.74, 6) is 1.16. The minimum absolute atomic E-state index is 0.0805. The van der Waals surface area contributed by atoms with Crippen molar-refractivity contribution in [1.29, 1.82) is 0 Å². The number of rotatable bonds is 5. The number of aromatic nitrogens is 8. The number of hydrogen-bond acceptors (Lipinski definition) is 7. The highest BCUT2D eigenvalue weighted by Crippen LogP contribution is 2.17. The van der Waals surface area contributed by atoms with Crippen LogP contribution >= 0.6 is 0 Å². The third-order valence-electron chi connectivity index (χ3n) is 4.59. The summed E-state index contributed by atoms with van der Waals surface area (Å²) in [5, 5.41) is 18.6. The molecule has 0 bridgehead atoms. The third kappa shape index (κ3) is 3.31. The first-order valence-corrected chi connectivity index (χ1v) is 8.84. The first-order chi connectivity index (χ1) is 13.5. The molecule has 0 fully saturated rings. The van der Waals surface area contributed by atoms with Crippen LogP contribution in [0.3, 0.4) is 0 Å². The first kappa shape index (κ1) is 17.7. The Morgan fingerprint density at radius 2 is 2.07 bits per heavy atom. The maximum Gasteiger partial charge on any atom is 0.252 e. The van der Waals surface area contributed by atoms with Gasteiger partial charge in [-0.2, -0.15) is 14.8 Å². The van der Waals surface area contributed by atoms with Gasteiger partial charge in [0.25, 0.3) is 5.78 Å². The van der Waals surface area contributed by atoms with Crippen molar-refractivity contribution in [3.8, 4) is 5.69 Å². The van der Waals surface area contributed by atoms with Crippen LogP contribution in [0.15, 0.2) is 30.6 Å².